The molecule has 27 heavy (non-hydrogen) atoms. The van der Waals surface area contributed by atoms with Gasteiger partial charge in [0.25, 0.3) is 0 Å². The SMILES string of the molecule is CCN(CC)C(=O)N1CCC(C(=O)N(C)Cc2ccc(N(C)C)cc2)CC1. The second kappa shape index (κ2) is 9.62. The first kappa shape index (κ1) is 21.1. The fourth-order valence-electron chi connectivity index (χ4n) is 3.57. The Morgan fingerprint density at radius 3 is 2.04 bits per heavy atom. The van der Waals surface area contributed by atoms with E-state index in [2.05, 4.69) is 29.2 Å². The molecule has 1 fully saturated rings. The molecule has 0 N–H and O–H groups in total. The van der Waals surface area contributed by atoms with Gasteiger partial charge < -0.3 is 19.6 Å². The molecule has 1 saturated heterocycles. The van der Waals surface area contributed by atoms with Crippen LogP contribution in [0.4, 0.5) is 10.5 Å². The van der Waals surface area contributed by atoms with Crippen molar-refractivity contribution < 1.29 is 9.59 Å². The van der Waals surface area contributed by atoms with Crippen molar-refractivity contribution in [1.29, 1.82) is 0 Å². The first-order chi connectivity index (χ1) is 12.9. The molecule has 0 bridgehead atoms. The van der Waals surface area contributed by atoms with Crippen LogP contribution in [0.25, 0.3) is 0 Å². The highest BCUT2D eigenvalue weighted by molar-refractivity contribution is 5.79. The van der Waals surface area contributed by atoms with Crippen LogP contribution in [0.1, 0.15) is 32.3 Å². The molecule has 6 heteroatoms. The van der Waals surface area contributed by atoms with E-state index in [1.54, 1.807) is 0 Å². The summed E-state index contributed by atoms with van der Waals surface area (Å²) in [5, 5.41) is 0. The van der Waals surface area contributed by atoms with Gasteiger partial charge in [0, 0.05) is 65.5 Å². The summed E-state index contributed by atoms with van der Waals surface area (Å²) >= 11 is 0. The van der Waals surface area contributed by atoms with Crippen molar-refractivity contribution in [2.45, 2.75) is 33.2 Å². The van der Waals surface area contributed by atoms with Crippen LogP contribution in [-0.2, 0) is 11.3 Å². The number of nitrogens with zero attached hydrogens (tertiary/aromatic N) is 4. The van der Waals surface area contributed by atoms with Crippen LogP contribution >= 0.6 is 0 Å². The van der Waals surface area contributed by atoms with E-state index in [0.29, 0.717) is 19.6 Å². The number of rotatable bonds is 6. The molecule has 0 unspecified atom stereocenters. The molecule has 3 amide bonds. The Bertz CT molecular complexity index is 618. The van der Waals surface area contributed by atoms with E-state index in [9.17, 15) is 9.59 Å². The van der Waals surface area contributed by atoms with Crippen molar-refractivity contribution in [2.24, 2.45) is 5.92 Å². The van der Waals surface area contributed by atoms with E-state index in [4.69, 9.17) is 0 Å². The third-order valence-electron chi connectivity index (χ3n) is 5.40. The number of carbonyl (C=O) groups is 2. The van der Waals surface area contributed by atoms with E-state index in [0.717, 1.165) is 37.2 Å². The molecule has 150 valence electrons. The van der Waals surface area contributed by atoms with E-state index >= 15 is 0 Å². The molecule has 1 aliphatic heterocycles. The zero-order valence-corrected chi connectivity index (χ0v) is 17.4. The topological polar surface area (TPSA) is 47.1 Å². The second-order valence-corrected chi connectivity index (χ2v) is 7.47. The Morgan fingerprint density at radius 2 is 1.56 bits per heavy atom. The number of piperidine rings is 1. The first-order valence-corrected chi connectivity index (χ1v) is 9.92. The van der Waals surface area contributed by atoms with Crippen molar-refractivity contribution in [3.8, 4) is 0 Å². The molecule has 0 spiro atoms. The summed E-state index contributed by atoms with van der Waals surface area (Å²) in [5.41, 5.74) is 2.28. The van der Waals surface area contributed by atoms with Crippen LogP contribution < -0.4 is 4.90 Å². The van der Waals surface area contributed by atoms with Crippen molar-refractivity contribution in [1.82, 2.24) is 14.7 Å². The third kappa shape index (κ3) is 5.37. The van der Waals surface area contributed by atoms with Crippen LogP contribution in [0.3, 0.4) is 0 Å². The van der Waals surface area contributed by atoms with E-state index in [1.165, 1.54) is 0 Å². The lowest BCUT2D eigenvalue weighted by Crippen LogP contribution is -2.48. The summed E-state index contributed by atoms with van der Waals surface area (Å²) in [4.78, 5) is 32.8. The summed E-state index contributed by atoms with van der Waals surface area (Å²) in [6.45, 7) is 7.39. The Kier molecular flexibility index (Phi) is 7.51. The van der Waals surface area contributed by atoms with Gasteiger partial charge in [0.05, 0.1) is 0 Å². The molecular weight excluding hydrogens is 340 g/mol. The number of urea groups is 1. The van der Waals surface area contributed by atoms with Crippen molar-refractivity contribution in [3.63, 3.8) is 0 Å². The van der Waals surface area contributed by atoms with Crippen LogP contribution in [0, 0.1) is 5.92 Å². The van der Waals surface area contributed by atoms with Crippen molar-refractivity contribution in [3.05, 3.63) is 29.8 Å². The number of benzene rings is 1. The van der Waals surface area contributed by atoms with Crippen LogP contribution in [0.2, 0.25) is 0 Å². The monoisotopic (exact) mass is 374 g/mol. The average molecular weight is 375 g/mol. The van der Waals surface area contributed by atoms with Crippen LogP contribution in [-0.4, -0.2) is 74.0 Å². The number of amides is 3. The Labute approximate surface area is 163 Å². The Hall–Kier alpha value is -2.24. The minimum Gasteiger partial charge on any atom is -0.378 e. The van der Waals surface area contributed by atoms with Gasteiger partial charge >= 0.3 is 6.03 Å². The molecule has 1 aromatic rings. The number of carbonyl (C=O) groups excluding carboxylic acids is 2. The predicted molar refractivity (Wildman–Crippen MR) is 110 cm³/mol. The number of hydrogen-bond acceptors (Lipinski definition) is 3. The lowest BCUT2D eigenvalue weighted by atomic mass is 9.95. The maximum atomic E-state index is 12.8. The molecule has 1 aliphatic rings. The molecule has 0 radical (unpaired) electrons. The van der Waals surface area contributed by atoms with Gasteiger partial charge in [-0.1, -0.05) is 12.1 Å². The smallest absolute Gasteiger partial charge is 0.319 e. The Morgan fingerprint density at radius 1 is 1.00 bits per heavy atom. The quantitative estimate of drug-likeness (QED) is 0.769. The largest absolute Gasteiger partial charge is 0.378 e. The van der Waals surface area contributed by atoms with Crippen LogP contribution in [0.5, 0.6) is 0 Å². The second-order valence-electron chi connectivity index (χ2n) is 7.47. The fraction of sp³-hybridized carbons (Fsp3) is 0.619. The average Bonchev–Trinajstić information content (AvgIpc) is 2.68. The lowest BCUT2D eigenvalue weighted by Gasteiger charge is -2.35. The van der Waals surface area contributed by atoms with E-state index in [-0.39, 0.29) is 17.9 Å². The number of likely N-dealkylation sites (tertiary alicyclic amines) is 1. The molecule has 2 rings (SSSR count). The number of anilines is 1. The molecule has 1 heterocycles. The molecule has 0 saturated carbocycles. The molecule has 1 aromatic carbocycles. The van der Waals surface area contributed by atoms with E-state index < -0.39 is 0 Å². The summed E-state index contributed by atoms with van der Waals surface area (Å²) in [6.07, 6.45) is 1.49. The normalized spacial score (nSPS) is 14.8. The minimum absolute atomic E-state index is 0.0109. The van der Waals surface area contributed by atoms with Gasteiger partial charge in [-0.05, 0) is 44.4 Å². The van der Waals surface area contributed by atoms with Crippen molar-refractivity contribution in [2.75, 3.05) is 52.2 Å². The van der Waals surface area contributed by atoms with Gasteiger partial charge in [-0.25, -0.2) is 4.79 Å². The van der Waals surface area contributed by atoms with Crippen molar-refractivity contribution >= 4 is 17.6 Å². The predicted octanol–water partition coefficient (Wildman–Crippen LogP) is 2.88. The van der Waals surface area contributed by atoms with Gasteiger partial charge in [0.1, 0.15) is 0 Å². The summed E-state index contributed by atoms with van der Waals surface area (Å²) < 4.78 is 0. The Balaban J connectivity index is 1.86. The van der Waals surface area contributed by atoms with Crippen LogP contribution in [0.15, 0.2) is 24.3 Å². The van der Waals surface area contributed by atoms with E-state index in [1.807, 2.05) is 49.7 Å². The zero-order valence-electron chi connectivity index (χ0n) is 17.4. The molecule has 6 nitrogen and oxygen atoms in total. The summed E-state index contributed by atoms with van der Waals surface area (Å²) in [7, 11) is 5.90. The molecule has 0 atom stereocenters. The van der Waals surface area contributed by atoms with Gasteiger partial charge in [-0.2, -0.15) is 0 Å². The summed E-state index contributed by atoms with van der Waals surface area (Å²) in [6, 6.07) is 8.39. The maximum Gasteiger partial charge on any atom is 0.319 e. The highest BCUT2D eigenvalue weighted by Crippen LogP contribution is 2.21. The maximum absolute atomic E-state index is 12.8. The molecule has 0 aromatic heterocycles. The van der Waals surface area contributed by atoms with Gasteiger partial charge in [0.15, 0.2) is 0 Å². The highest BCUT2D eigenvalue weighted by Gasteiger charge is 2.30. The number of hydrogen-bond donors (Lipinski definition) is 0. The summed E-state index contributed by atoms with van der Waals surface area (Å²) in [5.74, 6) is 0.193. The standard InChI is InChI=1S/C21H34N4O2/c1-6-24(7-2)21(27)25-14-12-18(13-15-25)20(26)23(5)16-17-8-10-19(11-9-17)22(3)4/h8-11,18H,6-7,12-16H2,1-5H3. The van der Waals surface area contributed by atoms with Gasteiger partial charge in [-0.3, -0.25) is 4.79 Å². The zero-order chi connectivity index (χ0) is 20.0. The minimum atomic E-state index is 0.0109. The van der Waals surface area contributed by atoms with Gasteiger partial charge in [0.2, 0.25) is 5.91 Å². The lowest BCUT2D eigenvalue weighted by molar-refractivity contribution is -0.136. The fourth-order valence-corrected chi connectivity index (χ4v) is 3.57. The molecular formula is C21H34N4O2. The first-order valence-electron chi connectivity index (χ1n) is 9.92. The third-order valence-corrected chi connectivity index (χ3v) is 5.40. The molecule has 0 aliphatic carbocycles. The highest BCUT2D eigenvalue weighted by atomic mass is 16.2. The van der Waals surface area contributed by atoms with Gasteiger partial charge in [-0.15, -0.1) is 0 Å².